The number of hydrogen-bond donors (Lipinski definition) is 2. The maximum atomic E-state index is 12.0. The summed E-state index contributed by atoms with van der Waals surface area (Å²) in [5, 5.41) is 8.95. The third-order valence-electron chi connectivity index (χ3n) is 3.11. The summed E-state index contributed by atoms with van der Waals surface area (Å²) in [6, 6.07) is 9.70. The zero-order valence-electron chi connectivity index (χ0n) is 11.6. The smallest absolute Gasteiger partial charge is 0.222 e. The number of carbonyl (C=O) groups excluding carboxylic acids is 1. The number of amides is 1. The van der Waals surface area contributed by atoms with E-state index in [2.05, 4.69) is 0 Å². The highest BCUT2D eigenvalue weighted by molar-refractivity contribution is 5.76. The largest absolute Gasteiger partial charge is 0.395 e. The van der Waals surface area contributed by atoms with E-state index in [-0.39, 0.29) is 18.6 Å². The molecule has 1 unspecified atom stereocenters. The Kier molecular flexibility index (Phi) is 7.15. The maximum absolute atomic E-state index is 12.0. The van der Waals surface area contributed by atoms with Crippen molar-refractivity contribution in [1.82, 2.24) is 4.90 Å². The molecule has 0 fully saturated rings. The van der Waals surface area contributed by atoms with Crippen LogP contribution < -0.4 is 5.73 Å². The number of benzene rings is 1. The van der Waals surface area contributed by atoms with Crippen LogP contribution in [0.1, 0.15) is 37.8 Å². The van der Waals surface area contributed by atoms with Crippen LogP contribution in [0, 0.1) is 0 Å². The molecule has 0 aliphatic heterocycles. The van der Waals surface area contributed by atoms with Crippen LogP contribution >= 0.6 is 0 Å². The molecule has 1 aromatic rings. The molecule has 0 aromatic heterocycles. The summed E-state index contributed by atoms with van der Waals surface area (Å²) in [7, 11) is 0. The highest BCUT2D eigenvalue weighted by Crippen LogP contribution is 2.15. The molecule has 0 saturated heterocycles. The molecule has 3 N–H and O–H groups in total. The number of aliphatic hydroxyl groups excluding tert-OH is 1. The van der Waals surface area contributed by atoms with Crippen LogP contribution in [-0.2, 0) is 4.79 Å². The number of carbonyl (C=O) groups is 1. The summed E-state index contributed by atoms with van der Waals surface area (Å²) in [6.45, 7) is 3.14. The molecule has 1 amide bonds. The fourth-order valence-electron chi connectivity index (χ4n) is 2.06. The van der Waals surface area contributed by atoms with E-state index in [0.717, 1.165) is 12.0 Å². The summed E-state index contributed by atoms with van der Waals surface area (Å²) >= 11 is 0. The summed E-state index contributed by atoms with van der Waals surface area (Å²) in [6.07, 6.45) is 1.96. The van der Waals surface area contributed by atoms with Crippen LogP contribution in [0.4, 0.5) is 0 Å². The van der Waals surface area contributed by atoms with Crippen molar-refractivity contribution in [2.24, 2.45) is 5.73 Å². The van der Waals surface area contributed by atoms with E-state index in [1.165, 1.54) is 0 Å². The Morgan fingerprint density at radius 2 is 2.00 bits per heavy atom. The van der Waals surface area contributed by atoms with Gasteiger partial charge in [-0.3, -0.25) is 4.79 Å². The van der Waals surface area contributed by atoms with Crippen molar-refractivity contribution in [3.05, 3.63) is 35.9 Å². The fraction of sp³-hybridized carbons (Fsp3) is 0.533. The summed E-state index contributed by atoms with van der Waals surface area (Å²) in [5.74, 6) is 0.0716. The monoisotopic (exact) mass is 264 g/mol. The predicted octanol–water partition coefficient (Wildman–Crippen LogP) is 1.70. The Morgan fingerprint density at radius 3 is 2.58 bits per heavy atom. The van der Waals surface area contributed by atoms with Crippen LogP contribution in [0.25, 0.3) is 0 Å². The van der Waals surface area contributed by atoms with Crippen molar-refractivity contribution in [2.45, 2.75) is 32.2 Å². The summed E-state index contributed by atoms with van der Waals surface area (Å²) < 4.78 is 0. The Balaban J connectivity index is 2.44. The van der Waals surface area contributed by atoms with Gasteiger partial charge in [0.25, 0.3) is 0 Å². The van der Waals surface area contributed by atoms with Gasteiger partial charge in [-0.25, -0.2) is 0 Å². The van der Waals surface area contributed by atoms with Gasteiger partial charge in [0.1, 0.15) is 0 Å². The molecule has 4 nitrogen and oxygen atoms in total. The Hall–Kier alpha value is -1.39. The summed E-state index contributed by atoms with van der Waals surface area (Å²) in [4.78, 5) is 13.7. The van der Waals surface area contributed by atoms with Gasteiger partial charge >= 0.3 is 0 Å². The first-order chi connectivity index (χ1) is 9.19. The third-order valence-corrected chi connectivity index (χ3v) is 3.11. The highest BCUT2D eigenvalue weighted by Gasteiger charge is 2.14. The van der Waals surface area contributed by atoms with Gasteiger partial charge in [-0.2, -0.15) is 0 Å². The van der Waals surface area contributed by atoms with E-state index in [9.17, 15) is 4.79 Å². The van der Waals surface area contributed by atoms with E-state index >= 15 is 0 Å². The van der Waals surface area contributed by atoms with E-state index in [1.807, 2.05) is 37.3 Å². The molecule has 0 aliphatic rings. The van der Waals surface area contributed by atoms with Crippen LogP contribution in [0.3, 0.4) is 0 Å². The second-order valence-electron chi connectivity index (χ2n) is 4.66. The molecule has 0 saturated carbocycles. The molecule has 1 aromatic carbocycles. The van der Waals surface area contributed by atoms with Gasteiger partial charge in [0, 0.05) is 25.6 Å². The van der Waals surface area contributed by atoms with Crippen LogP contribution in [0.15, 0.2) is 30.3 Å². The third kappa shape index (κ3) is 5.41. The second kappa shape index (κ2) is 8.67. The van der Waals surface area contributed by atoms with E-state index < -0.39 is 0 Å². The van der Waals surface area contributed by atoms with Crippen molar-refractivity contribution in [3.8, 4) is 0 Å². The van der Waals surface area contributed by atoms with Gasteiger partial charge in [-0.05, 0) is 18.4 Å². The zero-order chi connectivity index (χ0) is 14.1. The standard InChI is InChI=1S/C15H24N2O2/c1-2-10-17(11-12-18)15(19)9-8-14(16)13-6-4-3-5-7-13/h3-7,14,18H,2,8-12,16H2,1H3. The van der Waals surface area contributed by atoms with E-state index in [0.29, 0.717) is 25.9 Å². The van der Waals surface area contributed by atoms with Crippen molar-refractivity contribution < 1.29 is 9.90 Å². The average molecular weight is 264 g/mol. The second-order valence-corrected chi connectivity index (χ2v) is 4.66. The van der Waals surface area contributed by atoms with Crippen molar-refractivity contribution in [2.75, 3.05) is 19.7 Å². The summed E-state index contributed by atoms with van der Waals surface area (Å²) in [5.41, 5.74) is 7.13. The first-order valence-corrected chi connectivity index (χ1v) is 6.88. The Labute approximate surface area is 115 Å². The topological polar surface area (TPSA) is 66.6 Å². The lowest BCUT2D eigenvalue weighted by molar-refractivity contribution is -0.131. The van der Waals surface area contributed by atoms with E-state index in [4.69, 9.17) is 10.8 Å². The normalized spacial score (nSPS) is 12.2. The van der Waals surface area contributed by atoms with Gasteiger partial charge in [0.15, 0.2) is 0 Å². The van der Waals surface area contributed by atoms with Gasteiger partial charge in [0.2, 0.25) is 5.91 Å². The predicted molar refractivity (Wildman–Crippen MR) is 76.6 cm³/mol. The number of aliphatic hydroxyl groups is 1. The number of nitrogens with two attached hydrogens (primary N) is 1. The van der Waals surface area contributed by atoms with Crippen molar-refractivity contribution >= 4 is 5.91 Å². The highest BCUT2D eigenvalue weighted by atomic mass is 16.3. The Morgan fingerprint density at radius 1 is 1.32 bits per heavy atom. The van der Waals surface area contributed by atoms with Crippen LogP contribution in [0.5, 0.6) is 0 Å². The minimum absolute atomic E-state index is 0.0104. The maximum Gasteiger partial charge on any atom is 0.222 e. The van der Waals surface area contributed by atoms with Gasteiger partial charge < -0.3 is 15.7 Å². The van der Waals surface area contributed by atoms with Crippen LogP contribution in [0.2, 0.25) is 0 Å². The molecule has 0 heterocycles. The lowest BCUT2D eigenvalue weighted by Crippen LogP contribution is -2.34. The zero-order valence-corrected chi connectivity index (χ0v) is 11.6. The lowest BCUT2D eigenvalue weighted by Gasteiger charge is -2.22. The molecule has 106 valence electrons. The van der Waals surface area contributed by atoms with Gasteiger partial charge in [-0.1, -0.05) is 37.3 Å². The van der Waals surface area contributed by atoms with Crippen molar-refractivity contribution in [3.63, 3.8) is 0 Å². The lowest BCUT2D eigenvalue weighted by atomic mass is 10.0. The van der Waals surface area contributed by atoms with Crippen molar-refractivity contribution in [1.29, 1.82) is 0 Å². The molecule has 0 spiro atoms. The van der Waals surface area contributed by atoms with Gasteiger partial charge in [0.05, 0.1) is 6.61 Å². The molecule has 1 atom stereocenters. The molecule has 0 bridgehead atoms. The minimum Gasteiger partial charge on any atom is -0.395 e. The molecular formula is C15H24N2O2. The fourth-order valence-corrected chi connectivity index (χ4v) is 2.06. The Bertz CT molecular complexity index is 362. The molecular weight excluding hydrogens is 240 g/mol. The van der Waals surface area contributed by atoms with Crippen LogP contribution in [-0.4, -0.2) is 35.6 Å². The number of rotatable bonds is 8. The molecule has 0 aliphatic carbocycles. The van der Waals surface area contributed by atoms with E-state index in [1.54, 1.807) is 4.90 Å². The molecule has 0 radical (unpaired) electrons. The first kappa shape index (κ1) is 15.7. The average Bonchev–Trinajstić information content (AvgIpc) is 2.45. The number of nitrogens with zero attached hydrogens (tertiary/aromatic N) is 1. The minimum atomic E-state index is -0.109. The number of hydrogen-bond acceptors (Lipinski definition) is 3. The van der Waals surface area contributed by atoms with Gasteiger partial charge in [-0.15, -0.1) is 0 Å². The molecule has 4 heteroatoms. The molecule has 19 heavy (non-hydrogen) atoms. The molecule has 1 rings (SSSR count). The quantitative estimate of drug-likeness (QED) is 0.751. The SMILES string of the molecule is CCCN(CCO)C(=O)CCC(N)c1ccccc1. The first-order valence-electron chi connectivity index (χ1n) is 6.88.